The summed E-state index contributed by atoms with van der Waals surface area (Å²) in [4.78, 5) is 7.94. The Morgan fingerprint density at radius 2 is 2.07 bits per heavy atom. The lowest BCUT2D eigenvalue weighted by atomic mass is 10.2. The quantitative estimate of drug-likeness (QED) is 0.638. The van der Waals surface area contributed by atoms with Gasteiger partial charge in [0.25, 0.3) is 0 Å². The summed E-state index contributed by atoms with van der Waals surface area (Å²) >= 11 is 3.44. The monoisotopic (exact) mass is 239 g/mol. The van der Waals surface area contributed by atoms with Gasteiger partial charge in [-0.25, -0.2) is 10.4 Å². The van der Waals surface area contributed by atoms with Gasteiger partial charge >= 0.3 is 0 Å². The molecule has 3 N–H and O–H groups in total. The van der Waals surface area contributed by atoms with E-state index in [0.29, 0.717) is 0 Å². The molecule has 1 atom stereocenters. The van der Waals surface area contributed by atoms with Gasteiger partial charge in [-0.1, -0.05) is 0 Å². The van der Waals surface area contributed by atoms with Gasteiger partial charge in [0, 0.05) is 20.8 Å². The average Bonchev–Trinajstić information content (AvgIpc) is 2.78. The van der Waals surface area contributed by atoms with E-state index in [0.717, 1.165) is 9.88 Å². The summed E-state index contributed by atoms with van der Waals surface area (Å²) in [7, 11) is 0. The highest BCUT2D eigenvalue weighted by Gasteiger charge is 2.16. The number of rotatable bonds is 3. The summed E-state index contributed by atoms with van der Waals surface area (Å²) in [6, 6.07) is 4.30. The van der Waals surface area contributed by atoms with Crippen LogP contribution in [0.4, 0.5) is 0 Å². The smallest absolute Gasteiger partial charge is 0.0910 e. The molecule has 3 nitrogen and oxygen atoms in total. The van der Waals surface area contributed by atoms with Crippen LogP contribution in [0.3, 0.4) is 0 Å². The fraction of sp³-hybridized carbons (Fsp3) is 0.300. The first-order valence-electron chi connectivity index (χ1n) is 4.65. The minimum Gasteiger partial charge on any atom is -0.271 e. The summed E-state index contributed by atoms with van der Waals surface area (Å²) in [6.07, 6.45) is 1.89. The van der Waals surface area contributed by atoms with Gasteiger partial charge in [-0.15, -0.1) is 22.7 Å². The third-order valence-electron chi connectivity index (χ3n) is 2.14. The highest BCUT2D eigenvalue weighted by molar-refractivity contribution is 7.13. The average molecular weight is 239 g/mol. The Hall–Kier alpha value is -0.750. The molecule has 80 valence electrons. The SMILES string of the molecule is Cc1ccc(C(NN)c2cnc(C)s2)s1. The molecule has 0 saturated carbocycles. The fourth-order valence-corrected chi connectivity index (χ4v) is 3.32. The molecule has 0 saturated heterocycles. The van der Waals surface area contributed by atoms with Gasteiger partial charge in [0.05, 0.1) is 11.0 Å². The number of aromatic nitrogens is 1. The first kappa shape index (κ1) is 10.8. The lowest BCUT2D eigenvalue weighted by Crippen LogP contribution is -2.27. The van der Waals surface area contributed by atoms with Crippen LogP contribution < -0.4 is 11.3 Å². The number of nitrogens with two attached hydrogens (primary N) is 1. The van der Waals surface area contributed by atoms with Crippen LogP contribution in [0, 0.1) is 13.8 Å². The molecule has 2 aromatic rings. The molecule has 0 radical (unpaired) electrons. The number of nitrogens with zero attached hydrogens (tertiary/aromatic N) is 1. The molecule has 0 spiro atoms. The second-order valence-corrected chi connectivity index (χ2v) is 5.92. The van der Waals surface area contributed by atoms with Crippen molar-refractivity contribution in [2.45, 2.75) is 19.9 Å². The largest absolute Gasteiger partial charge is 0.271 e. The Balaban J connectivity index is 2.32. The van der Waals surface area contributed by atoms with Crippen molar-refractivity contribution in [3.05, 3.63) is 38.0 Å². The van der Waals surface area contributed by atoms with Crippen molar-refractivity contribution in [2.75, 3.05) is 0 Å². The van der Waals surface area contributed by atoms with Crippen LogP contribution in [0.25, 0.3) is 0 Å². The third-order valence-corrected chi connectivity index (χ3v) is 4.18. The van der Waals surface area contributed by atoms with E-state index in [1.54, 1.807) is 22.7 Å². The van der Waals surface area contributed by atoms with Gasteiger partial charge in [-0.3, -0.25) is 5.84 Å². The number of aryl methyl sites for hydroxylation is 2. The fourth-order valence-electron chi connectivity index (χ4n) is 1.42. The zero-order valence-corrected chi connectivity index (χ0v) is 10.3. The van der Waals surface area contributed by atoms with Crippen molar-refractivity contribution in [1.82, 2.24) is 10.4 Å². The second-order valence-electron chi connectivity index (χ2n) is 3.33. The third kappa shape index (κ3) is 2.26. The van der Waals surface area contributed by atoms with Crippen LogP contribution >= 0.6 is 22.7 Å². The zero-order valence-electron chi connectivity index (χ0n) is 8.65. The summed E-state index contributed by atoms with van der Waals surface area (Å²) in [5.74, 6) is 5.59. The van der Waals surface area contributed by atoms with E-state index >= 15 is 0 Å². The Morgan fingerprint density at radius 1 is 1.27 bits per heavy atom. The van der Waals surface area contributed by atoms with Gasteiger partial charge in [0.2, 0.25) is 0 Å². The van der Waals surface area contributed by atoms with E-state index in [1.165, 1.54) is 9.75 Å². The number of hydrazine groups is 1. The molecule has 0 fully saturated rings. The Morgan fingerprint density at radius 3 is 2.53 bits per heavy atom. The van der Waals surface area contributed by atoms with Crippen LogP contribution in [-0.2, 0) is 0 Å². The van der Waals surface area contributed by atoms with Gasteiger partial charge in [-0.05, 0) is 26.0 Å². The molecule has 0 aliphatic carbocycles. The van der Waals surface area contributed by atoms with Crippen molar-refractivity contribution in [2.24, 2.45) is 5.84 Å². The molecule has 2 aromatic heterocycles. The molecule has 0 bridgehead atoms. The Labute approximate surface area is 96.9 Å². The lowest BCUT2D eigenvalue weighted by molar-refractivity contribution is 0.655. The molecule has 1 unspecified atom stereocenters. The molecule has 2 heterocycles. The van der Waals surface area contributed by atoms with Crippen molar-refractivity contribution < 1.29 is 0 Å². The molecule has 2 rings (SSSR count). The molecular formula is C10H13N3S2. The molecule has 0 aliphatic heterocycles. The second kappa shape index (κ2) is 4.40. The van der Waals surface area contributed by atoms with E-state index in [4.69, 9.17) is 5.84 Å². The van der Waals surface area contributed by atoms with Crippen LogP contribution in [0.15, 0.2) is 18.3 Å². The first-order chi connectivity index (χ1) is 7.20. The maximum Gasteiger partial charge on any atom is 0.0910 e. The topological polar surface area (TPSA) is 50.9 Å². The summed E-state index contributed by atoms with van der Waals surface area (Å²) < 4.78 is 0. The lowest BCUT2D eigenvalue weighted by Gasteiger charge is -2.10. The zero-order chi connectivity index (χ0) is 10.8. The molecule has 0 amide bonds. The van der Waals surface area contributed by atoms with E-state index < -0.39 is 0 Å². The maximum absolute atomic E-state index is 5.59. The van der Waals surface area contributed by atoms with Crippen LogP contribution in [0.1, 0.15) is 25.7 Å². The number of hydrogen-bond donors (Lipinski definition) is 2. The predicted molar refractivity (Wildman–Crippen MR) is 65.1 cm³/mol. The highest BCUT2D eigenvalue weighted by Crippen LogP contribution is 2.30. The van der Waals surface area contributed by atoms with Crippen molar-refractivity contribution in [3.63, 3.8) is 0 Å². The van der Waals surface area contributed by atoms with Crippen LogP contribution in [0.5, 0.6) is 0 Å². The van der Waals surface area contributed by atoms with Crippen molar-refractivity contribution in [1.29, 1.82) is 0 Å². The number of nitrogens with one attached hydrogen (secondary N) is 1. The first-order valence-corrected chi connectivity index (χ1v) is 6.29. The number of hydrogen-bond acceptors (Lipinski definition) is 5. The van der Waals surface area contributed by atoms with Crippen molar-refractivity contribution in [3.8, 4) is 0 Å². The van der Waals surface area contributed by atoms with Crippen LogP contribution in [-0.4, -0.2) is 4.98 Å². The number of thiazole rings is 1. The Kier molecular flexibility index (Phi) is 3.16. The molecular weight excluding hydrogens is 226 g/mol. The standard InChI is InChI=1S/C10H13N3S2/c1-6-3-4-8(14-6)10(13-11)9-5-12-7(2)15-9/h3-5,10,13H,11H2,1-2H3. The number of thiophene rings is 1. The highest BCUT2D eigenvalue weighted by atomic mass is 32.1. The minimum absolute atomic E-state index is 0.0786. The van der Waals surface area contributed by atoms with Gasteiger partial charge < -0.3 is 0 Å². The predicted octanol–water partition coefficient (Wildman–Crippen LogP) is 2.37. The molecule has 0 aromatic carbocycles. The van der Waals surface area contributed by atoms with E-state index in [-0.39, 0.29) is 6.04 Å². The normalized spacial score (nSPS) is 13.0. The van der Waals surface area contributed by atoms with Crippen molar-refractivity contribution >= 4 is 22.7 Å². The maximum atomic E-state index is 5.59. The summed E-state index contributed by atoms with van der Waals surface area (Å²) in [5.41, 5.74) is 2.84. The minimum atomic E-state index is 0.0786. The van der Waals surface area contributed by atoms with Crippen LogP contribution in [0.2, 0.25) is 0 Å². The van der Waals surface area contributed by atoms with E-state index in [2.05, 4.69) is 29.5 Å². The van der Waals surface area contributed by atoms with E-state index in [9.17, 15) is 0 Å². The summed E-state index contributed by atoms with van der Waals surface area (Å²) in [6.45, 7) is 4.10. The molecule has 15 heavy (non-hydrogen) atoms. The Bertz CT molecular complexity index is 407. The molecule has 5 heteroatoms. The summed E-state index contributed by atoms with van der Waals surface area (Å²) in [5, 5.41) is 1.07. The van der Waals surface area contributed by atoms with Gasteiger partial charge in [0.15, 0.2) is 0 Å². The van der Waals surface area contributed by atoms with Gasteiger partial charge in [-0.2, -0.15) is 0 Å². The van der Waals surface area contributed by atoms with E-state index in [1.807, 2.05) is 13.1 Å². The molecule has 0 aliphatic rings. The van der Waals surface area contributed by atoms with Gasteiger partial charge in [0.1, 0.15) is 0 Å².